The number of rotatable bonds is 5. The van der Waals surface area contributed by atoms with E-state index in [1.54, 1.807) is 24.3 Å². The molecule has 210 valence electrons. The van der Waals surface area contributed by atoms with E-state index < -0.39 is 44.5 Å². The number of nitrogens with zero attached hydrogens (tertiary/aromatic N) is 1. The van der Waals surface area contributed by atoms with Crippen LogP contribution in [0.3, 0.4) is 0 Å². The number of methoxy groups -OCH3 is 1. The number of alkyl halides is 3. The van der Waals surface area contributed by atoms with Crippen LogP contribution in [0.5, 0.6) is 11.5 Å². The number of hydrogen-bond acceptors (Lipinski definition) is 8. The zero-order valence-electron chi connectivity index (χ0n) is 20.9. The Morgan fingerprint density at radius 2 is 1.87 bits per heavy atom. The second-order valence-corrected chi connectivity index (χ2v) is 11.6. The summed E-state index contributed by atoms with van der Waals surface area (Å²) in [5, 5.41) is 12.2. The molecule has 2 aromatic carbocycles. The second-order valence-electron chi connectivity index (χ2n) is 10.0. The van der Waals surface area contributed by atoms with E-state index in [-0.39, 0.29) is 62.4 Å². The highest BCUT2D eigenvalue weighted by Crippen LogP contribution is 2.61. The quantitative estimate of drug-likeness (QED) is 0.429. The van der Waals surface area contributed by atoms with Crippen molar-refractivity contribution in [3.8, 4) is 11.5 Å². The molecule has 2 aromatic rings. The summed E-state index contributed by atoms with van der Waals surface area (Å²) in [7, 11) is -4.97. The Bertz CT molecular complexity index is 1410. The normalized spacial score (nSPS) is 26.3. The van der Waals surface area contributed by atoms with Crippen molar-refractivity contribution in [1.82, 2.24) is 4.90 Å². The van der Waals surface area contributed by atoms with Gasteiger partial charge in [0, 0.05) is 30.4 Å². The number of hydrogen-bond donors (Lipinski definition) is 1. The van der Waals surface area contributed by atoms with Crippen LogP contribution in [0, 0.1) is 0 Å². The lowest BCUT2D eigenvalue weighted by atomic mass is 9.49. The van der Waals surface area contributed by atoms with Gasteiger partial charge in [-0.2, -0.15) is 21.6 Å². The molecular formula is C26H26F3NO8S. The Hall–Kier alpha value is -3.32. The summed E-state index contributed by atoms with van der Waals surface area (Å²) in [6.45, 7) is 0.00200. The van der Waals surface area contributed by atoms with E-state index in [1.807, 2.05) is 6.07 Å². The lowest BCUT2D eigenvalue weighted by Gasteiger charge is -2.62. The Morgan fingerprint density at radius 3 is 2.54 bits per heavy atom. The Labute approximate surface area is 222 Å². The van der Waals surface area contributed by atoms with Crippen molar-refractivity contribution in [2.24, 2.45) is 0 Å². The van der Waals surface area contributed by atoms with Gasteiger partial charge in [-0.25, -0.2) is 4.79 Å². The highest BCUT2D eigenvalue weighted by Gasteiger charge is 2.67. The molecule has 9 nitrogen and oxygen atoms in total. The summed E-state index contributed by atoms with van der Waals surface area (Å²) < 4.78 is 79.5. The van der Waals surface area contributed by atoms with Crippen LogP contribution in [0.1, 0.15) is 42.4 Å². The Kier molecular flexibility index (Phi) is 6.57. The number of aliphatic hydroxyl groups is 1. The Morgan fingerprint density at radius 1 is 1.15 bits per heavy atom. The molecular weight excluding hydrogens is 543 g/mol. The van der Waals surface area contributed by atoms with Gasteiger partial charge in [0.1, 0.15) is 12.4 Å². The number of benzene rings is 2. The van der Waals surface area contributed by atoms with Crippen LogP contribution in [-0.2, 0) is 38.1 Å². The molecule has 3 atom stereocenters. The standard InChI is InChI=1S/C26H26F3NO8S/c1-36-19-8-7-17-13-20-25(33)10-9-18(31)14-24(25,21(17)22(19)38-39(34,35)26(27,28)29)11-12-30(20)23(32)37-15-16-5-3-2-4-6-16/h2-8,20,33H,9-15H2,1H3/t20-,24-,25-/m1/s1. The molecule has 1 amide bonds. The zero-order valence-corrected chi connectivity index (χ0v) is 21.7. The molecule has 2 bridgehead atoms. The summed E-state index contributed by atoms with van der Waals surface area (Å²) in [6.07, 6.45) is -1.13. The van der Waals surface area contributed by atoms with Crippen LogP contribution >= 0.6 is 0 Å². The smallest absolute Gasteiger partial charge is 0.493 e. The van der Waals surface area contributed by atoms with Crippen molar-refractivity contribution in [2.45, 2.75) is 61.3 Å². The molecule has 0 unspecified atom stereocenters. The molecule has 1 heterocycles. The topological polar surface area (TPSA) is 119 Å². The van der Waals surface area contributed by atoms with Gasteiger partial charge in [0.25, 0.3) is 0 Å². The number of carbonyl (C=O) groups is 2. The van der Waals surface area contributed by atoms with Crippen LogP contribution in [0.4, 0.5) is 18.0 Å². The van der Waals surface area contributed by atoms with Gasteiger partial charge in [-0.3, -0.25) is 4.79 Å². The van der Waals surface area contributed by atoms with Gasteiger partial charge in [-0.05, 0) is 36.5 Å². The first kappa shape index (κ1) is 27.3. The zero-order chi connectivity index (χ0) is 28.2. The fourth-order valence-corrected chi connectivity index (χ4v) is 6.78. The van der Waals surface area contributed by atoms with Crippen molar-refractivity contribution < 1.29 is 49.9 Å². The lowest BCUT2D eigenvalue weighted by Crippen LogP contribution is -2.74. The molecule has 1 saturated heterocycles. The molecule has 39 heavy (non-hydrogen) atoms. The molecule has 0 spiro atoms. The van der Waals surface area contributed by atoms with Gasteiger partial charge in [0.2, 0.25) is 0 Å². The second kappa shape index (κ2) is 9.40. The number of halogens is 3. The average Bonchev–Trinajstić information content (AvgIpc) is 2.87. The number of likely N-dealkylation sites (tertiary alicyclic amines) is 1. The first-order valence-electron chi connectivity index (χ1n) is 12.3. The maximum absolute atomic E-state index is 13.3. The monoisotopic (exact) mass is 569 g/mol. The van der Waals surface area contributed by atoms with E-state index in [2.05, 4.69) is 4.18 Å². The van der Waals surface area contributed by atoms with Crippen LogP contribution < -0.4 is 8.92 Å². The predicted octanol–water partition coefficient (Wildman–Crippen LogP) is 3.61. The minimum Gasteiger partial charge on any atom is -0.493 e. The molecule has 0 aromatic heterocycles. The minimum absolute atomic E-state index is 0.00791. The molecule has 0 radical (unpaired) electrons. The molecule has 3 aliphatic rings. The largest absolute Gasteiger partial charge is 0.534 e. The van der Waals surface area contributed by atoms with Crippen LogP contribution in [-0.4, -0.2) is 61.1 Å². The third-order valence-electron chi connectivity index (χ3n) is 8.06. The Balaban J connectivity index is 1.59. The van der Waals surface area contributed by atoms with Crippen LogP contribution in [0.2, 0.25) is 0 Å². The average molecular weight is 570 g/mol. The lowest BCUT2D eigenvalue weighted by molar-refractivity contribution is -0.167. The maximum atomic E-state index is 13.3. The predicted molar refractivity (Wildman–Crippen MR) is 130 cm³/mol. The summed E-state index contributed by atoms with van der Waals surface area (Å²) in [5.41, 5.74) is -7.92. The summed E-state index contributed by atoms with van der Waals surface area (Å²) >= 11 is 0. The molecule has 1 aliphatic heterocycles. The molecule has 1 saturated carbocycles. The summed E-state index contributed by atoms with van der Waals surface area (Å²) in [5.74, 6) is -1.25. The fraction of sp³-hybridized carbons (Fsp3) is 0.462. The van der Waals surface area contributed by atoms with Crippen molar-refractivity contribution in [2.75, 3.05) is 13.7 Å². The molecule has 5 rings (SSSR count). The number of ketones is 1. The number of Topliss-reactive ketones (excluding diaryl/α,β-unsaturated/α-hetero) is 1. The highest BCUT2D eigenvalue weighted by molar-refractivity contribution is 7.88. The number of ether oxygens (including phenoxy) is 2. The van der Waals surface area contributed by atoms with Crippen molar-refractivity contribution >= 4 is 22.0 Å². The number of carbonyl (C=O) groups excluding carboxylic acids is 2. The fourth-order valence-electron chi connectivity index (χ4n) is 6.30. The summed E-state index contributed by atoms with van der Waals surface area (Å²) in [4.78, 5) is 27.4. The van der Waals surface area contributed by atoms with Gasteiger partial charge in [0.05, 0.1) is 18.8 Å². The van der Waals surface area contributed by atoms with Crippen molar-refractivity contribution in [1.29, 1.82) is 0 Å². The van der Waals surface area contributed by atoms with E-state index in [0.717, 1.165) is 12.7 Å². The third-order valence-corrected chi connectivity index (χ3v) is 9.01. The number of piperidine rings is 1. The SMILES string of the molecule is COc1ccc2c(c1OS(=O)(=O)C(F)(F)F)[C@]13CCN(C(=O)OCc4ccccc4)[C@H](C2)[C@]1(O)CCC(=O)C3. The van der Waals surface area contributed by atoms with Crippen molar-refractivity contribution in [3.05, 3.63) is 59.2 Å². The van der Waals surface area contributed by atoms with Crippen LogP contribution in [0.15, 0.2) is 42.5 Å². The van der Waals surface area contributed by atoms with E-state index in [9.17, 15) is 36.3 Å². The van der Waals surface area contributed by atoms with E-state index >= 15 is 0 Å². The van der Waals surface area contributed by atoms with Crippen molar-refractivity contribution in [3.63, 3.8) is 0 Å². The van der Waals surface area contributed by atoms with Gasteiger partial charge >= 0.3 is 21.7 Å². The summed E-state index contributed by atoms with van der Waals surface area (Å²) in [6, 6.07) is 10.9. The van der Waals surface area contributed by atoms with Gasteiger partial charge in [-0.1, -0.05) is 36.4 Å². The molecule has 1 N–H and O–H groups in total. The first-order chi connectivity index (χ1) is 18.3. The van der Waals surface area contributed by atoms with Gasteiger partial charge in [-0.15, -0.1) is 0 Å². The molecule has 2 aliphatic carbocycles. The van der Waals surface area contributed by atoms with E-state index in [0.29, 0.717) is 5.56 Å². The minimum atomic E-state index is -6.11. The van der Waals surface area contributed by atoms with Gasteiger partial charge < -0.3 is 23.7 Å². The van der Waals surface area contributed by atoms with Crippen LogP contribution in [0.25, 0.3) is 0 Å². The van der Waals surface area contributed by atoms with Gasteiger partial charge in [0.15, 0.2) is 11.5 Å². The highest BCUT2D eigenvalue weighted by atomic mass is 32.2. The number of amides is 1. The molecule has 2 fully saturated rings. The van der Waals surface area contributed by atoms with E-state index in [4.69, 9.17) is 9.47 Å². The third kappa shape index (κ3) is 4.31. The first-order valence-corrected chi connectivity index (χ1v) is 13.7. The number of fused-ring (bicyclic) bond motifs is 1. The van der Waals surface area contributed by atoms with E-state index in [1.165, 1.54) is 17.0 Å². The maximum Gasteiger partial charge on any atom is 0.534 e. The molecule has 13 heteroatoms.